The summed E-state index contributed by atoms with van der Waals surface area (Å²) in [5, 5.41) is 4.01. The SMILES string of the molecule is CCCCCCNC(=O)CCSSCCC(=O)ON1C(=O)CCC2OC21. The van der Waals surface area contributed by atoms with Crippen molar-refractivity contribution in [1.29, 1.82) is 0 Å². The van der Waals surface area contributed by atoms with Gasteiger partial charge in [-0.1, -0.05) is 47.8 Å². The van der Waals surface area contributed by atoms with Crippen LogP contribution in [0.25, 0.3) is 0 Å². The third kappa shape index (κ3) is 7.75. The van der Waals surface area contributed by atoms with Crippen molar-refractivity contribution in [2.45, 2.75) is 70.6 Å². The summed E-state index contributed by atoms with van der Waals surface area (Å²) in [6.07, 6.45) is 6.04. The first-order chi connectivity index (χ1) is 12.6. The number of carbonyl (C=O) groups excluding carboxylic acids is 3. The Morgan fingerprint density at radius 1 is 1.23 bits per heavy atom. The lowest BCUT2D eigenvalue weighted by Crippen LogP contribution is -2.39. The van der Waals surface area contributed by atoms with Gasteiger partial charge < -0.3 is 14.9 Å². The molecule has 0 aromatic carbocycles. The van der Waals surface area contributed by atoms with Crippen molar-refractivity contribution in [3.05, 3.63) is 0 Å². The Labute approximate surface area is 162 Å². The molecular formula is C17H28N2O5S2. The molecule has 0 aromatic heterocycles. The number of ether oxygens (including phenoxy) is 1. The van der Waals surface area contributed by atoms with E-state index in [-0.39, 0.29) is 30.6 Å². The molecule has 0 aliphatic carbocycles. The molecule has 7 nitrogen and oxygen atoms in total. The predicted molar refractivity (Wildman–Crippen MR) is 102 cm³/mol. The van der Waals surface area contributed by atoms with Gasteiger partial charge in [-0.05, 0) is 12.8 Å². The second kappa shape index (κ2) is 11.7. The van der Waals surface area contributed by atoms with Gasteiger partial charge in [-0.3, -0.25) is 9.59 Å². The molecule has 2 amide bonds. The summed E-state index contributed by atoms with van der Waals surface area (Å²) in [7, 11) is 3.10. The minimum Gasteiger partial charge on any atom is -0.356 e. The highest BCUT2D eigenvalue weighted by atomic mass is 33.1. The van der Waals surface area contributed by atoms with Crippen LogP contribution in [0, 0.1) is 0 Å². The monoisotopic (exact) mass is 404 g/mol. The highest BCUT2D eigenvalue weighted by Crippen LogP contribution is 2.35. The zero-order valence-corrected chi connectivity index (χ0v) is 16.9. The molecule has 0 radical (unpaired) electrons. The van der Waals surface area contributed by atoms with Gasteiger partial charge in [0, 0.05) is 30.9 Å². The molecule has 0 spiro atoms. The van der Waals surface area contributed by atoms with E-state index >= 15 is 0 Å². The number of fused-ring (bicyclic) bond motifs is 1. The van der Waals surface area contributed by atoms with Gasteiger partial charge in [0.15, 0.2) is 6.23 Å². The quantitative estimate of drug-likeness (QED) is 0.287. The molecule has 26 heavy (non-hydrogen) atoms. The van der Waals surface area contributed by atoms with Crippen molar-refractivity contribution >= 4 is 39.4 Å². The Morgan fingerprint density at radius 2 is 2.00 bits per heavy atom. The van der Waals surface area contributed by atoms with Crippen LogP contribution in [0.1, 0.15) is 58.3 Å². The van der Waals surface area contributed by atoms with E-state index in [1.54, 1.807) is 10.8 Å². The van der Waals surface area contributed by atoms with Crippen molar-refractivity contribution in [2.75, 3.05) is 18.1 Å². The average Bonchev–Trinajstić information content (AvgIpc) is 3.40. The van der Waals surface area contributed by atoms with Gasteiger partial charge in [0.05, 0.1) is 6.42 Å². The fraction of sp³-hybridized carbons (Fsp3) is 0.824. The number of amides is 2. The number of hydroxylamine groups is 2. The van der Waals surface area contributed by atoms with Gasteiger partial charge >= 0.3 is 5.97 Å². The Morgan fingerprint density at radius 3 is 2.77 bits per heavy atom. The van der Waals surface area contributed by atoms with Gasteiger partial charge in [0.25, 0.3) is 5.91 Å². The molecule has 9 heteroatoms. The minimum absolute atomic E-state index is 0.0308. The average molecular weight is 405 g/mol. The molecule has 2 saturated heterocycles. The molecule has 0 aromatic rings. The molecule has 2 aliphatic heterocycles. The van der Waals surface area contributed by atoms with Crippen LogP contribution in [-0.4, -0.2) is 53.2 Å². The van der Waals surface area contributed by atoms with Crippen molar-refractivity contribution in [1.82, 2.24) is 10.4 Å². The van der Waals surface area contributed by atoms with E-state index in [4.69, 9.17) is 9.57 Å². The van der Waals surface area contributed by atoms with Gasteiger partial charge in [-0.15, -0.1) is 5.06 Å². The Bertz CT molecular complexity index is 492. The fourth-order valence-electron chi connectivity index (χ4n) is 2.57. The largest absolute Gasteiger partial charge is 0.356 e. The van der Waals surface area contributed by atoms with Gasteiger partial charge in [0.1, 0.15) is 6.10 Å². The maximum atomic E-state index is 11.8. The molecule has 2 atom stereocenters. The van der Waals surface area contributed by atoms with Gasteiger partial charge in [-0.25, -0.2) is 4.79 Å². The van der Waals surface area contributed by atoms with Crippen LogP contribution < -0.4 is 5.32 Å². The highest BCUT2D eigenvalue weighted by Gasteiger charge is 2.51. The molecule has 2 aliphatic rings. The van der Waals surface area contributed by atoms with Crippen LogP contribution in [0.2, 0.25) is 0 Å². The second-order valence-corrected chi connectivity index (χ2v) is 9.04. The van der Waals surface area contributed by atoms with Crippen LogP contribution in [0.5, 0.6) is 0 Å². The van der Waals surface area contributed by atoms with E-state index in [0.717, 1.165) is 24.4 Å². The molecule has 1 N–H and O–H groups in total. The van der Waals surface area contributed by atoms with Crippen LogP contribution in [0.4, 0.5) is 0 Å². The summed E-state index contributed by atoms with van der Waals surface area (Å²) < 4.78 is 5.27. The van der Waals surface area contributed by atoms with Gasteiger partial charge in [0.2, 0.25) is 5.91 Å². The first-order valence-corrected chi connectivity index (χ1v) is 11.8. The zero-order valence-electron chi connectivity index (χ0n) is 15.2. The van der Waals surface area contributed by atoms with Crippen LogP contribution in [0.15, 0.2) is 0 Å². The van der Waals surface area contributed by atoms with E-state index in [1.807, 2.05) is 0 Å². The lowest BCUT2D eigenvalue weighted by molar-refractivity contribution is -0.207. The molecule has 148 valence electrons. The maximum Gasteiger partial charge on any atom is 0.333 e. The number of nitrogens with zero attached hydrogens (tertiary/aromatic N) is 1. The maximum absolute atomic E-state index is 11.8. The smallest absolute Gasteiger partial charge is 0.333 e. The minimum atomic E-state index is -0.424. The second-order valence-electron chi connectivity index (χ2n) is 6.34. The first-order valence-electron chi connectivity index (χ1n) is 9.31. The van der Waals surface area contributed by atoms with Crippen molar-refractivity contribution in [3.8, 4) is 0 Å². The van der Waals surface area contributed by atoms with Crippen molar-refractivity contribution in [2.24, 2.45) is 0 Å². The number of nitrogens with one attached hydrogen (secondary N) is 1. The Kier molecular flexibility index (Phi) is 9.63. The summed E-state index contributed by atoms with van der Waals surface area (Å²) in [5.74, 6) is 0.755. The number of epoxide rings is 1. The van der Waals surface area contributed by atoms with Crippen molar-refractivity contribution < 1.29 is 24.0 Å². The summed E-state index contributed by atoms with van der Waals surface area (Å²) in [6, 6.07) is 0. The molecule has 2 rings (SSSR count). The number of carbonyl (C=O) groups is 3. The number of hydrogen-bond donors (Lipinski definition) is 1. The summed E-state index contributed by atoms with van der Waals surface area (Å²) in [6.45, 7) is 2.92. The summed E-state index contributed by atoms with van der Waals surface area (Å²) in [5.41, 5.74) is 0. The van der Waals surface area contributed by atoms with E-state index < -0.39 is 5.97 Å². The molecular weight excluding hydrogens is 376 g/mol. The molecule has 0 saturated carbocycles. The van der Waals surface area contributed by atoms with Crippen LogP contribution >= 0.6 is 21.6 Å². The number of rotatable bonds is 13. The number of unbranched alkanes of at least 4 members (excludes halogenated alkanes) is 3. The topological polar surface area (TPSA) is 88.2 Å². The standard InChI is InChI=1S/C17H28N2O5S2/c1-2-3-4-5-10-18-14(20)8-11-25-26-12-9-16(22)24-19-15(21)7-6-13-17(19)23-13/h13,17H,2-12H2,1H3,(H,18,20). The lowest BCUT2D eigenvalue weighted by Gasteiger charge is -2.21. The zero-order chi connectivity index (χ0) is 18.8. The van der Waals surface area contributed by atoms with Crippen LogP contribution in [0.3, 0.4) is 0 Å². The fourth-order valence-corrected chi connectivity index (χ4v) is 4.53. The number of piperidine rings is 1. The normalized spacial score (nSPS) is 21.3. The molecule has 0 bridgehead atoms. The Balaban J connectivity index is 1.42. The number of hydrogen-bond acceptors (Lipinski definition) is 7. The van der Waals surface area contributed by atoms with Gasteiger partial charge in [-0.2, -0.15) is 0 Å². The predicted octanol–water partition coefficient (Wildman–Crippen LogP) is 2.65. The first kappa shape index (κ1) is 21.4. The van der Waals surface area contributed by atoms with E-state index in [0.29, 0.717) is 30.8 Å². The van der Waals surface area contributed by atoms with Crippen molar-refractivity contribution in [3.63, 3.8) is 0 Å². The molecule has 2 unspecified atom stereocenters. The van der Waals surface area contributed by atoms with E-state index in [2.05, 4.69) is 12.2 Å². The molecule has 2 heterocycles. The summed E-state index contributed by atoms with van der Waals surface area (Å²) in [4.78, 5) is 40.2. The molecule has 2 fully saturated rings. The summed E-state index contributed by atoms with van der Waals surface area (Å²) >= 11 is 0. The third-order valence-electron chi connectivity index (χ3n) is 4.11. The van der Waals surface area contributed by atoms with E-state index in [1.165, 1.54) is 23.6 Å². The Hall–Kier alpha value is -0.930. The van der Waals surface area contributed by atoms with E-state index in [9.17, 15) is 14.4 Å². The highest BCUT2D eigenvalue weighted by molar-refractivity contribution is 8.76. The third-order valence-corrected chi connectivity index (χ3v) is 6.52. The van der Waals surface area contributed by atoms with Crippen LogP contribution in [-0.2, 0) is 24.0 Å². The lowest BCUT2D eigenvalue weighted by atomic mass is 10.1.